The van der Waals surface area contributed by atoms with Gasteiger partial charge in [0.2, 0.25) is 11.8 Å². The Labute approximate surface area is 232 Å². The lowest BCUT2D eigenvalue weighted by atomic mass is 10.2. The molecule has 1 fully saturated rings. The third kappa shape index (κ3) is 4.80. The van der Waals surface area contributed by atoms with E-state index in [1.54, 1.807) is 54.9 Å². The Morgan fingerprint density at radius 3 is 2.63 bits per heavy atom. The first-order valence-electron chi connectivity index (χ1n) is 13.2. The molecule has 1 aliphatic heterocycles. The highest BCUT2D eigenvalue weighted by Gasteiger charge is 2.21. The van der Waals surface area contributed by atoms with E-state index in [4.69, 9.17) is 14.9 Å². The molecule has 0 amide bonds. The van der Waals surface area contributed by atoms with Gasteiger partial charge in [-0.15, -0.1) is 5.10 Å². The molecule has 0 bridgehead atoms. The van der Waals surface area contributed by atoms with Gasteiger partial charge < -0.3 is 24.4 Å². The van der Waals surface area contributed by atoms with Gasteiger partial charge in [-0.3, -0.25) is 9.58 Å². The van der Waals surface area contributed by atoms with E-state index in [9.17, 15) is 4.39 Å². The van der Waals surface area contributed by atoms with Gasteiger partial charge >= 0.3 is 0 Å². The number of aromatic nitrogens is 9. The number of aryl methyl sites for hydroxylation is 1. The summed E-state index contributed by atoms with van der Waals surface area (Å²) in [5.41, 5.74) is 8.57. The number of rotatable bonds is 8. The standard InChI is InChI=1S/C26H27FN12O2/c1-35-15-29-21(33-35)14-41-17-4-5-19(18(27)13-17)37-9-6-36(7-10-37)8-11-38-16-30-22-24(38)32-26(28)39-25(22)31-23(34-39)20-3-2-12-40-20/h2-5,12-13,15-16H,6-11,14H2,1H3,(H2,28,32). The molecule has 6 aromatic rings. The average Bonchev–Trinajstić information content (AvgIpc) is 3.78. The summed E-state index contributed by atoms with van der Waals surface area (Å²) in [6.07, 6.45) is 4.91. The minimum atomic E-state index is -0.312. The smallest absolute Gasteiger partial charge is 0.225 e. The van der Waals surface area contributed by atoms with Crippen LogP contribution in [0.2, 0.25) is 0 Å². The first-order valence-corrected chi connectivity index (χ1v) is 13.2. The fourth-order valence-electron chi connectivity index (χ4n) is 5.00. The third-order valence-electron chi connectivity index (χ3n) is 7.11. The van der Waals surface area contributed by atoms with Crippen LogP contribution in [0.1, 0.15) is 5.82 Å². The van der Waals surface area contributed by atoms with E-state index in [2.05, 4.69) is 39.9 Å². The molecule has 1 saturated heterocycles. The van der Waals surface area contributed by atoms with Crippen molar-refractivity contribution in [1.29, 1.82) is 0 Å². The maximum Gasteiger partial charge on any atom is 0.225 e. The molecule has 2 N–H and O–H groups in total. The van der Waals surface area contributed by atoms with E-state index in [0.717, 1.165) is 19.6 Å². The lowest BCUT2D eigenvalue weighted by Crippen LogP contribution is -2.47. The fraction of sp³-hybridized carbons (Fsp3) is 0.308. The summed E-state index contributed by atoms with van der Waals surface area (Å²) >= 11 is 0. The average molecular weight is 559 g/mol. The van der Waals surface area contributed by atoms with Gasteiger partial charge in [0.05, 0.1) is 18.3 Å². The Kier molecular flexibility index (Phi) is 6.19. The normalized spacial score (nSPS) is 14.4. The highest BCUT2D eigenvalue weighted by molar-refractivity contribution is 5.87. The molecule has 6 heterocycles. The number of furan rings is 1. The predicted molar refractivity (Wildman–Crippen MR) is 147 cm³/mol. The maximum absolute atomic E-state index is 15.0. The summed E-state index contributed by atoms with van der Waals surface area (Å²) < 4.78 is 31.1. The summed E-state index contributed by atoms with van der Waals surface area (Å²) in [6, 6.07) is 8.52. The van der Waals surface area contributed by atoms with Crippen LogP contribution in [0.15, 0.2) is 53.7 Å². The Hall–Kier alpha value is -5.05. The minimum absolute atomic E-state index is 0.183. The van der Waals surface area contributed by atoms with Gasteiger partial charge in [0, 0.05) is 52.4 Å². The monoisotopic (exact) mass is 558 g/mol. The number of nitrogens with two attached hydrogens (primary N) is 1. The van der Waals surface area contributed by atoms with E-state index in [0.29, 0.717) is 65.3 Å². The second-order valence-electron chi connectivity index (χ2n) is 9.79. The number of hydrogen-bond acceptors (Lipinski definition) is 11. The van der Waals surface area contributed by atoms with Gasteiger partial charge in [0.1, 0.15) is 24.5 Å². The molecule has 210 valence electrons. The van der Waals surface area contributed by atoms with Crippen LogP contribution in [0, 0.1) is 5.82 Å². The molecule has 0 aliphatic carbocycles. The van der Waals surface area contributed by atoms with E-state index in [-0.39, 0.29) is 18.4 Å². The lowest BCUT2D eigenvalue weighted by molar-refractivity contribution is 0.248. The maximum atomic E-state index is 15.0. The molecule has 1 aliphatic rings. The van der Waals surface area contributed by atoms with Gasteiger partial charge in [0.15, 0.2) is 28.4 Å². The highest BCUT2D eigenvalue weighted by atomic mass is 19.1. The van der Waals surface area contributed by atoms with Gasteiger partial charge in [-0.2, -0.15) is 14.6 Å². The summed E-state index contributed by atoms with van der Waals surface area (Å²) in [5.74, 6) is 1.86. The third-order valence-corrected chi connectivity index (χ3v) is 7.11. The Morgan fingerprint density at radius 1 is 1.00 bits per heavy atom. The largest absolute Gasteiger partial charge is 0.485 e. The molecule has 0 spiro atoms. The molecule has 41 heavy (non-hydrogen) atoms. The van der Waals surface area contributed by atoms with E-state index >= 15 is 0 Å². The van der Waals surface area contributed by atoms with Crippen LogP contribution in [-0.2, 0) is 20.2 Å². The van der Waals surface area contributed by atoms with E-state index in [1.807, 2.05) is 4.57 Å². The fourth-order valence-corrected chi connectivity index (χ4v) is 5.00. The second-order valence-corrected chi connectivity index (χ2v) is 9.79. The number of anilines is 2. The molecular weight excluding hydrogens is 531 g/mol. The first kappa shape index (κ1) is 25.0. The second kappa shape index (κ2) is 10.2. The molecule has 14 nitrogen and oxygen atoms in total. The number of halogens is 1. The van der Waals surface area contributed by atoms with Gasteiger partial charge in [-0.1, -0.05) is 0 Å². The minimum Gasteiger partial charge on any atom is -0.485 e. The van der Waals surface area contributed by atoms with E-state index in [1.165, 1.54) is 10.6 Å². The summed E-state index contributed by atoms with van der Waals surface area (Å²) in [6.45, 7) is 4.65. The zero-order valence-electron chi connectivity index (χ0n) is 22.3. The van der Waals surface area contributed by atoms with Crippen molar-refractivity contribution in [2.45, 2.75) is 13.2 Å². The predicted octanol–water partition coefficient (Wildman–Crippen LogP) is 1.98. The Balaban J connectivity index is 0.975. The summed E-state index contributed by atoms with van der Waals surface area (Å²) in [4.78, 5) is 22.2. The van der Waals surface area contributed by atoms with Crippen LogP contribution in [0.5, 0.6) is 5.75 Å². The van der Waals surface area contributed by atoms with Crippen LogP contribution in [0.4, 0.5) is 16.0 Å². The Morgan fingerprint density at radius 2 is 1.88 bits per heavy atom. The quantitative estimate of drug-likeness (QED) is 0.293. The molecule has 0 radical (unpaired) electrons. The van der Waals surface area contributed by atoms with Crippen molar-refractivity contribution >= 4 is 28.4 Å². The molecule has 5 aromatic heterocycles. The molecule has 0 atom stereocenters. The number of imidazole rings is 1. The number of nitrogens with zero attached hydrogens (tertiary/aromatic N) is 11. The zero-order chi connectivity index (χ0) is 27.9. The number of fused-ring (bicyclic) bond motifs is 3. The van der Waals surface area contributed by atoms with Crippen molar-refractivity contribution in [3.8, 4) is 17.3 Å². The molecular formula is C26H27FN12O2. The van der Waals surface area contributed by atoms with Crippen LogP contribution in [0.3, 0.4) is 0 Å². The van der Waals surface area contributed by atoms with Crippen molar-refractivity contribution in [2.24, 2.45) is 7.05 Å². The SMILES string of the molecule is Cn1cnc(COc2ccc(N3CCN(CCn4cnc5c4nc(N)n4nc(-c6ccco6)nc54)CC3)c(F)c2)n1. The van der Waals surface area contributed by atoms with Gasteiger partial charge in [-0.05, 0) is 24.3 Å². The van der Waals surface area contributed by atoms with Crippen molar-refractivity contribution < 1.29 is 13.5 Å². The lowest BCUT2D eigenvalue weighted by Gasteiger charge is -2.36. The molecule has 7 rings (SSSR count). The number of nitrogen functional groups attached to an aromatic ring is 1. The van der Waals surface area contributed by atoms with E-state index < -0.39 is 0 Å². The van der Waals surface area contributed by atoms with Gasteiger partial charge in [0.25, 0.3) is 0 Å². The topological polar surface area (TPSA) is 146 Å². The van der Waals surface area contributed by atoms with Crippen molar-refractivity contribution in [3.05, 3.63) is 60.9 Å². The van der Waals surface area contributed by atoms with Crippen LogP contribution in [0.25, 0.3) is 28.4 Å². The first-order chi connectivity index (χ1) is 20.0. The number of ether oxygens (including phenoxy) is 1. The molecule has 1 aromatic carbocycles. The molecule has 0 unspecified atom stereocenters. The van der Waals surface area contributed by atoms with Crippen molar-refractivity contribution in [1.82, 2.24) is 48.8 Å². The number of piperazine rings is 1. The molecule has 15 heteroatoms. The number of hydrogen-bond donors (Lipinski definition) is 1. The van der Waals surface area contributed by atoms with Gasteiger partial charge in [-0.25, -0.2) is 19.3 Å². The summed E-state index contributed by atoms with van der Waals surface area (Å²) in [7, 11) is 1.78. The van der Waals surface area contributed by atoms with Crippen molar-refractivity contribution in [2.75, 3.05) is 43.4 Å². The van der Waals surface area contributed by atoms with Crippen molar-refractivity contribution in [3.63, 3.8) is 0 Å². The Bertz CT molecular complexity index is 1820. The van der Waals surface area contributed by atoms with Crippen LogP contribution < -0.4 is 15.4 Å². The van der Waals surface area contributed by atoms with Crippen LogP contribution in [-0.4, -0.2) is 81.5 Å². The molecule has 0 saturated carbocycles. The number of benzene rings is 1. The highest BCUT2D eigenvalue weighted by Crippen LogP contribution is 2.26. The van der Waals surface area contributed by atoms with Crippen LogP contribution >= 0.6 is 0 Å². The zero-order valence-corrected chi connectivity index (χ0v) is 22.3. The summed E-state index contributed by atoms with van der Waals surface area (Å²) in [5, 5.41) is 8.59.